The summed E-state index contributed by atoms with van der Waals surface area (Å²) in [4.78, 5) is 40.2. The molecule has 0 saturated carbocycles. The number of nitrogens with zero attached hydrogens (tertiary/aromatic N) is 3. The molecule has 4 aromatic carbocycles. The van der Waals surface area contributed by atoms with Gasteiger partial charge in [-0.1, -0.05) is 121 Å². The van der Waals surface area contributed by atoms with Crippen molar-refractivity contribution in [3.63, 3.8) is 0 Å². The number of nitrogens with one attached hydrogen (secondary N) is 1. The molecule has 0 bridgehead atoms. The Balaban J connectivity index is 1.30. The highest BCUT2D eigenvalue weighted by molar-refractivity contribution is 8.16. The van der Waals surface area contributed by atoms with Crippen molar-refractivity contribution in [2.75, 3.05) is 18.9 Å². The van der Waals surface area contributed by atoms with Gasteiger partial charge in [0.05, 0.1) is 11.7 Å². The number of allylic oxidation sites excluding steroid dienone is 1. The lowest BCUT2D eigenvalue weighted by Gasteiger charge is -2.42. The first kappa shape index (κ1) is 29.4. The van der Waals surface area contributed by atoms with Gasteiger partial charge in [-0.25, -0.2) is 4.99 Å². The molecular weight excluding hydrogens is 613 g/mol. The van der Waals surface area contributed by atoms with Gasteiger partial charge in [0.15, 0.2) is 10.7 Å². The van der Waals surface area contributed by atoms with E-state index in [0.29, 0.717) is 11.7 Å². The summed E-state index contributed by atoms with van der Waals surface area (Å²) < 4.78 is -1.19. The minimum absolute atomic E-state index is 0.0467. The van der Waals surface area contributed by atoms with Crippen molar-refractivity contribution < 1.29 is 9.59 Å². The third-order valence-electron chi connectivity index (χ3n) is 10.9. The highest BCUT2D eigenvalue weighted by Crippen LogP contribution is 2.67. The fraction of sp³-hybridized carbons (Fsp3) is 0.244. The smallest absolute Gasteiger partial charge is 0.251 e. The summed E-state index contributed by atoms with van der Waals surface area (Å²) >= 11 is 1.51. The van der Waals surface area contributed by atoms with Gasteiger partial charge in [-0.3, -0.25) is 19.4 Å². The van der Waals surface area contributed by atoms with E-state index >= 15 is 4.79 Å². The number of anilines is 1. The molecule has 6 nitrogen and oxygen atoms in total. The molecule has 4 aromatic rings. The number of carbonyl (C=O) groups is 2. The molecule has 4 unspecified atom stereocenters. The van der Waals surface area contributed by atoms with Crippen molar-refractivity contribution >= 4 is 40.5 Å². The second-order valence-corrected chi connectivity index (χ2v) is 14.6. The van der Waals surface area contributed by atoms with Crippen molar-refractivity contribution in [2.45, 2.75) is 47.9 Å². The number of rotatable bonds is 3. The molecule has 9 rings (SSSR count). The summed E-state index contributed by atoms with van der Waals surface area (Å²) in [6, 6.07) is 38.7. The number of thioether (sulfide) groups is 1. The van der Waals surface area contributed by atoms with Crippen LogP contribution in [0.4, 0.5) is 5.69 Å². The number of hydrogen-bond acceptors (Lipinski definition) is 5. The van der Waals surface area contributed by atoms with Crippen LogP contribution in [0.5, 0.6) is 0 Å². The predicted octanol–water partition coefficient (Wildman–Crippen LogP) is 7.90. The molecule has 1 aliphatic carbocycles. The third-order valence-corrected chi connectivity index (χ3v) is 12.5. The number of para-hydroxylation sites is 1. The van der Waals surface area contributed by atoms with Crippen LogP contribution in [-0.4, -0.2) is 45.1 Å². The predicted molar refractivity (Wildman–Crippen MR) is 192 cm³/mol. The van der Waals surface area contributed by atoms with Crippen LogP contribution in [-0.2, 0) is 15.1 Å². The van der Waals surface area contributed by atoms with E-state index in [1.165, 1.54) is 22.9 Å². The lowest BCUT2D eigenvalue weighted by molar-refractivity contribution is -0.139. The van der Waals surface area contributed by atoms with Crippen molar-refractivity contribution in [3.05, 3.63) is 154 Å². The standard InChI is InChI=1S/C41H36N4O2S/c1-44-26-33(28-17-7-3-8-18-28)41(40(44)32-23-13-14-24-34(32)42-37(40)46)38(47)45-36(29-19-9-4-10-20-29)31-22-12-11-21-30(35(31)43-39(45)48-41)25-27-15-5-2-6-16-27/h2-10,13-20,23-25,33,36H,11-12,21-22,26H2,1H3,(H,42,46)/b30-25+. The number of likely N-dealkylation sites (tertiary alicyclic amines) is 1. The third kappa shape index (κ3) is 4.01. The van der Waals surface area contributed by atoms with E-state index in [4.69, 9.17) is 4.99 Å². The average molecular weight is 649 g/mol. The Kier molecular flexibility index (Phi) is 6.85. The minimum atomic E-state index is -1.23. The normalized spacial score (nSPS) is 28.8. The number of amidine groups is 1. The second kappa shape index (κ2) is 11.2. The summed E-state index contributed by atoms with van der Waals surface area (Å²) in [7, 11) is 2.00. The molecular formula is C41H36N4O2S. The molecule has 1 N–H and O–H groups in total. The Morgan fingerprint density at radius 2 is 1.46 bits per heavy atom. The van der Waals surface area contributed by atoms with Crippen LogP contribution >= 0.6 is 11.8 Å². The first-order chi connectivity index (χ1) is 23.5. The zero-order valence-corrected chi connectivity index (χ0v) is 27.6. The Labute approximate surface area is 285 Å². The number of likely N-dealkylation sites (N-methyl/N-ethyl adjacent to an activating group) is 1. The van der Waals surface area contributed by atoms with Crippen molar-refractivity contribution in [2.24, 2.45) is 4.99 Å². The van der Waals surface area contributed by atoms with E-state index in [0.717, 1.165) is 59.3 Å². The monoisotopic (exact) mass is 648 g/mol. The molecule has 238 valence electrons. The minimum Gasteiger partial charge on any atom is -0.324 e. The first-order valence-corrected chi connectivity index (χ1v) is 17.7. The number of benzene rings is 4. The van der Waals surface area contributed by atoms with Crippen molar-refractivity contribution in [1.29, 1.82) is 0 Å². The zero-order chi connectivity index (χ0) is 32.5. The largest absolute Gasteiger partial charge is 0.324 e. The van der Waals surface area contributed by atoms with Gasteiger partial charge >= 0.3 is 0 Å². The highest BCUT2D eigenvalue weighted by Gasteiger charge is 2.78. The lowest BCUT2D eigenvalue weighted by atomic mass is 9.71. The molecule has 5 aliphatic rings. The summed E-state index contributed by atoms with van der Waals surface area (Å²) in [5.74, 6) is -0.460. The summed E-state index contributed by atoms with van der Waals surface area (Å²) in [5.41, 5.74) is 7.05. The quantitative estimate of drug-likeness (QED) is 0.245. The van der Waals surface area contributed by atoms with E-state index in [1.54, 1.807) is 0 Å². The zero-order valence-electron chi connectivity index (χ0n) is 26.8. The van der Waals surface area contributed by atoms with E-state index in [1.807, 2.05) is 66.5 Å². The summed E-state index contributed by atoms with van der Waals surface area (Å²) in [5, 5.41) is 3.88. The number of carbonyl (C=O) groups excluding carboxylic acids is 2. The average Bonchev–Trinajstić information content (AvgIpc) is 3.63. The molecule has 4 heterocycles. The Hall–Kier alpha value is -4.72. The van der Waals surface area contributed by atoms with E-state index in [9.17, 15) is 4.79 Å². The van der Waals surface area contributed by atoms with Crippen molar-refractivity contribution in [1.82, 2.24) is 9.80 Å². The molecule has 0 radical (unpaired) electrons. The van der Waals surface area contributed by atoms with Crippen LogP contribution in [0.3, 0.4) is 0 Å². The fourth-order valence-electron chi connectivity index (χ4n) is 8.96. The van der Waals surface area contributed by atoms with Gasteiger partial charge in [-0.05, 0) is 72.7 Å². The topological polar surface area (TPSA) is 65.0 Å². The number of fused-ring (bicyclic) bond motifs is 4. The van der Waals surface area contributed by atoms with Crippen LogP contribution < -0.4 is 5.32 Å². The van der Waals surface area contributed by atoms with Crippen LogP contribution in [0.2, 0.25) is 0 Å². The van der Waals surface area contributed by atoms with E-state index in [2.05, 4.69) is 77.0 Å². The maximum absolute atomic E-state index is 15.9. The molecule has 2 saturated heterocycles. The van der Waals surface area contributed by atoms with Gasteiger partial charge in [-0.2, -0.15) is 0 Å². The summed E-state index contributed by atoms with van der Waals surface area (Å²) in [6.45, 7) is 0.550. The Bertz CT molecular complexity index is 2040. The first-order valence-electron chi connectivity index (χ1n) is 16.9. The molecule has 2 amide bonds. The van der Waals surface area contributed by atoms with Gasteiger partial charge in [0.25, 0.3) is 5.91 Å². The van der Waals surface area contributed by atoms with Crippen LogP contribution in [0.25, 0.3) is 6.08 Å². The number of amides is 2. The van der Waals surface area contributed by atoms with Crippen LogP contribution in [0.15, 0.2) is 137 Å². The molecule has 4 atom stereocenters. The maximum Gasteiger partial charge on any atom is 0.251 e. The molecule has 2 fully saturated rings. The lowest BCUT2D eigenvalue weighted by Crippen LogP contribution is -2.62. The maximum atomic E-state index is 15.9. The van der Waals surface area contributed by atoms with Gasteiger partial charge in [-0.15, -0.1) is 0 Å². The van der Waals surface area contributed by atoms with Gasteiger partial charge < -0.3 is 5.32 Å². The SMILES string of the molecule is CN1CC(c2ccccc2)C2(SC3=NC4=C(CCCC/C4=C\c4ccccc4)C(c4ccccc4)N3C2=O)C12C(=O)Nc1ccccc12. The Morgan fingerprint density at radius 1 is 0.812 bits per heavy atom. The summed E-state index contributed by atoms with van der Waals surface area (Å²) in [6.07, 6.45) is 6.14. The van der Waals surface area contributed by atoms with Gasteiger partial charge in [0.2, 0.25) is 5.91 Å². The Morgan fingerprint density at radius 3 is 2.21 bits per heavy atom. The van der Waals surface area contributed by atoms with Crippen LogP contribution in [0.1, 0.15) is 59.9 Å². The van der Waals surface area contributed by atoms with Crippen molar-refractivity contribution in [3.8, 4) is 0 Å². The second-order valence-electron chi connectivity index (χ2n) is 13.4. The number of hydrogen-bond donors (Lipinski definition) is 1. The van der Waals surface area contributed by atoms with E-state index < -0.39 is 10.3 Å². The molecule has 0 aromatic heterocycles. The molecule has 4 aliphatic heterocycles. The molecule has 2 spiro atoms. The number of aliphatic imine (C=N–C) groups is 1. The van der Waals surface area contributed by atoms with E-state index in [-0.39, 0.29) is 23.8 Å². The highest BCUT2D eigenvalue weighted by atomic mass is 32.2. The fourth-order valence-corrected chi connectivity index (χ4v) is 10.7. The van der Waals surface area contributed by atoms with Crippen LogP contribution in [0, 0.1) is 0 Å². The van der Waals surface area contributed by atoms with Gasteiger partial charge in [0.1, 0.15) is 4.75 Å². The molecule has 7 heteroatoms. The molecule has 48 heavy (non-hydrogen) atoms. The van der Waals surface area contributed by atoms with Gasteiger partial charge in [0, 0.05) is 23.7 Å².